The number of ether oxygens (including phenoxy) is 2. The van der Waals surface area contributed by atoms with E-state index in [4.69, 9.17) is 32.7 Å². The maximum Gasteiger partial charge on any atom is 0.185 e. The molecular formula is C19H14Cl2O3. The number of methoxy groups -OCH3 is 1. The molecule has 2 aromatic carbocycles. The first-order valence-corrected chi connectivity index (χ1v) is 8.01. The third-order valence-electron chi connectivity index (χ3n) is 3.62. The molecule has 3 nitrogen and oxygen atoms in total. The quantitative estimate of drug-likeness (QED) is 0.714. The summed E-state index contributed by atoms with van der Waals surface area (Å²) >= 11 is 12.0. The Morgan fingerprint density at radius 1 is 1.21 bits per heavy atom. The number of fused-ring (bicyclic) bond motifs is 1. The first kappa shape index (κ1) is 16.6. The van der Waals surface area contributed by atoms with Crippen molar-refractivity contribution in [3.05, 3.63) is 69.2 Å². The summed E-state index contributed by atoms with van der Waals surface area (Å²) in [6.07, 6.45) is 4.97. The molecule has 0 aliphatic carbocycles. The molecule has 0 unspecified atom stereocenters. The van der Waals surface area contributed by atoms with Gasteiger partial charge in [-0.05, 0) is 54.1 Å². The van der Waals surface area contributed by atoms with E-state index in [9.17, 15) is 4.79 Å². The summed E-state index contributed by atoms with van der Waals surface area (Å²) in [6.45, 7) is 0.233. The fraction of sp³-hybridized carbons (Fsp3) is 0.105. The third-order valence-corrected chi connectivity index (χ3v) is 4.19. The maximum atomic E-state index is 12.4. The largest absolute Gasteiger partial charge is 0.497 e. The van der Waals surface area contributed by atoms with Crippen LogP contribution in [0, 0.1) is 0 Å². The van der Waals surface area contributed by atoms with Crippen molar-refractivity contribution < 1.29 is 14.3 Å². The fourth-order valence-corrected chi connectivity index (χ4v) is 2.81. The Morgan fingerprint density at radius 2 is 2.04 bits per heavy atom. The first-order chi connectivity index (χ1) is 11.6. The smallest absolute Gasteiger partial charge is 0.185 e. The number of ketones is 1. The van der Waals surface area contributed by atoms with Gasteiger partial charge in [0.1, 0.15) is 18.1 Å². The molecule has 1 aliphatic rings. The number of halogens is 2. The Hall–Kier alpha value is -2.23. The molecule has 0 aromatic heterocycles. The van der Waals surface area contributed by atoms with Crippen molar-refractivity contribution in [1.29, 1.82) is 0 Å². The second-order valence-corrected chi connectivity index (χ2v) is 6.07. The molecule has 0 saturated carbocycles. The van der Waals surface area contributed by atoms with E-state index in [1.54, 1.807) is 31.4 Å². The van der Waals surface area contributed by atoms with Crippen molar-refractivity contribution in [3.63, 3.8) is 0 Å². The topological polar surface area (TPSA) is 35.5 Å². The van der Waals surface area contributed by atoms with E-state index >= 15 is 0 Å². The number of allylic oxidation sites excluding steroid dienone is 1. The number of carbonyl (C=O) groups excluding carboxylic acids is 1. The van der Waals surface area contributed by atoms with E-state index in [1.807, 2.05) is 24.3 Å². The molecule has 24 heavy (non-hydrogen) atoms. The lowest BCUT2D eigenvalue weighted by molar-refractivity contribution is -0.111. The molecule has 2 aromatic rings. The van der Waals surface area contributed by atoms with Crippen molar-refractivity contribution in [2.45, 2.75) is 0 Å². The van der Waals surface area contributed by atoms with E-state index in [0.29, 0.717) is 21.4 Å². The minimum absolute atomic E-state index is 0.130. The maximum absolute atomic E-state index is 12.4. The van der Waals surface area contributed by atoms with Gasteiger partial charge in [0, 0.05) is 21.2 Å². The van der Waals surface area contributed by atoms with Crippen LogP contribution in [-0.4, -0.2) is 19.5 Å². The average Bonchev–Trinajstić information content (AvgIpc) is 2.59. The summed E-state index contributed by atoms with van der Waals surface area (Å²) in [5, 5.41) is 1.05. The van der Waals surface area contributed by atoms with Crippen LogP contribution in [0.15, 0.2) is 48.0 Å². The summed E-state index contributed by atoms with van der Waals surface area (Å²) in [5.74, 6) is 1.32. The van der Waals surface area contributed by atoms with Crippen LogP contribution in [0.4, 0.5) is 0 Å². The summed E-state index contributed by atoms with van der Waals surface area (Å²) in [6, 6.07) is 10.6. The molecule has 0 saturated heterocycles. The number of rotatable bonds is 4. The zero-order chi connectivity index (χ0) is 17.1. The van der Waals surface area contributed by atoms with Crippen LogP contribution >= 0.6 is 23.2 Å². The van der Waals surface area contributed by atoms with Gasteiger partial charge in [-0.2, -0.15) is 0 Å². The van der Waals surface area contributed by atoms with Crippen LogP contribution in [0.25, 0.3) is 12.2 Å². The van der Waals surface area contributed by atoms with Crippen LogP contribution in [0.2, 0.25) is 10.0 Å². The fourth-order valence-electron chi connectivity index (χ4n) is 2.33. The molecule has 0 radical (unpaired) electrons. The molecule has 0 atom stereocenters. The standard InChI is InChI=1S/C19H14Cl2O3/c1-23-16-5-7-19-13(9-16)8-14(11-24-19)18(22)6-3-12-2-4-15(20)10-17(12)21/h2-10H,11H2,1H3/b6-3+. The number of carbonyl (C=O) groups is 1. The Bertz CT molecular complexity index is 854. The zero-order valence-electron chi connectivity index (χ0n) is 12.9. The Kier molecular flexibility index (Phi) is 4.93. The van der Waals surface area contributed by atoms with Crippen LogP contribution in [0.5, 0.6) is 11.5 Å². The lowest BCUT2D eigenvalue weighted by Crippen LogP contribution is -2.13. The van der Waals surface area contributed by atoms with Gasteiger partial charge in [-0.1, -0.05) is 29.3 Å². The lowest BCUT2D eigenvalue weighted by atomic mass is 10.0. The van der Waals surface area contributed by atoms with Crippen molar-refractivity contribution in [2.75, 3.05) is 13.7 Å². The first-order valence-electron chi connectivity index (χ1n) is 7.25. The molecule has 5 heteroatoms. The minimum atomic E-state index is -0.130. The highest BCUT2D eigenvalue weighted by Gasteiger charge is 2.16. The number of hydrogen-bond acceptors (Lipinski definition) is 3. The molecule has 0 amide bonds. The molecule has 1 aliphatic heterocycles. The predicted octanol–water partition coefficient (Wildman–Crippen LogP) is 5.06. The van der Waals surface area contributed by atoms with E-state index in [0.717, 1.165) is 16.9 Å². The molecular weight excluding hydrogens is 347 g/mol. The predicted molar refractivity (Wildman–Crippen MR) is 97.0 cm³/mol. The summed E-state index contributed by atoms with van der Waals surface area (Å²) in [7, 11) is 1.60. The third kappa shape index (κ3) is 3.64. The van der Waals surface area contributed by atoms with Gasteiger partial charge in [0.25, 0.3) is 0 Å². The van der Waals surface area contributed by atoms with Gasteiger partial charge < -0.3 is 9.47 Å². The van der Waals surface area contributed by atoms with E-state index < -0.39 is 0 Å². The summed E-state index contributed by atoms with van der Waals surface area (Å²) in [5.41, 5.74) is 2.12. The van der Waals surface area contributed by atoms with Crippen LogP contribution in [0.3, 0.4) is 0 Å². The van der Waals surface area contributed by atoms with E-state index in [-0.39, 0.29) is 12.4 Å². The SMILES string of the molecule is COc1ccc2c(c1)C=C(C(=O)/C=C/c1ccc(Cl)cc1Cl)CO2. The Labute approximate surface area is 150 Å². The highest BCUT2D eigenvalue weighted by molar-refractivity contribution is 6.35. The van der Waals surface area contributed by atoms with E-state index in [1.165, 1.54) is 6.08 Å². The average molecular weight is 361 g/mol. The van der Waals surface area contributed by atoms with Gasteiger partial charge in [-0.3, -0.25) is 4.79 Å². The Morgan fingerprint density at radius 3 is 2.79 bits per heavy atom. The van der Waals surface area contributed by atoms with Crippen molar-refractivity contribution in [3.8, 4) is 11.5 Å². The molecule has 1 heterocycles. The number of hydrogen-bond donors (Lipinski definition) is 0. The van der Waals surface area contributed by atoms with E-state index in [2.05, 4.69) is 0 Å². The molecule has 3 rings (SSSR count). The minimum Gasteiger partial charge on any atom is -0.497 e. The van der Waals surface area contributed by atoms with Gasteiger partial charge in [0.05, 0.1) is 7.11 Å². The van der Waals surface area contributed by atoms with Gasteiger partial charge >= 0.3 is 0 Å². The molecule has 0 fully saturated rings. The molecule has 0 N–H and O–H groups in total. The monoisotopic (exact) mass is 360 g/mol. The van der Waals surface area contributed by atoms with Crippen LogP contribution in [-0.2, 0) is 4.79 Å². The van der Waals surface area contributed by atoms with Crippen LogP contribution in [0.1, 0.15) is 11.1 Å². The Balaban J connectivity index is 1.82. The van der Waals surface area contributed by atoms with Gasteiger partial charge in [-0.15, -0.1) is 0 Å². The second-order valence-electron chi connectivity index (χ2n) is 5.23. The highest BCUT2D eigenvalue weighted by atomic mass is 35.5. The number of benzene rings is 2. The van der Waals surface area contributed by atoms with Gasteiger partial charge in [-0.25, -0.2) is 0 Å². The van der Waals surface area contributed by atoms with Crippen molar-refractivity contribution >= 4 is 41.1 Å². The zero-order valence-corrected chi connectivity index (χ0v) is 14.4. The van der Waals surface area contributed by atoms with Crippen molar-refractivity contribution in [2.24, 2.45) is 0 Å². The second kappa shape index (κ2) is 7.12. The highest BCUT2D eigenvalue weighted by Crippen LogP contribution is 2.30. The normalized spacial score (nSPS) is 13.2. The van der Waals surface area contributed by atoms with Crippen molar-refractivity contribution in [1.82, 2.24) is 0 Å². The lowest BCUT2D eigenvalue weighted by Gasteiger charge is -2.17. The van der Waals surface area contributed by atoms with Gasteiger partial charge in [0.15, 0.2) is 5.78 Å². The molecule has 0 bridgehead atoms. The molecule has 122 valence electrons. The summed E-state index contributed by atoms with van der Waals surface area (Å²) in [4.78, 5) is 12.4. The molecule has 0 spiro atoms. The van der Waals surface area contributed by atoms with Gasteiger partial charge in [0.2, 0.25) is 0 Å². The van der Waals surface area contributed by atoms with Crippen LogP contribution < -0.4 is 9.47 Å². The summed E-state index contributed by atoms with van der Waals surface area (Å²) < 4.78 is 10.8.